The predicted molar refractivity (Wildman–Crippen MR) is 35.3 cm³/mol. The van der Waals surface area contributed by atoms with Gasteiger partial charge in [0.2, 0.25) is 0 Å². The van der Waals surface area contributed by atoms with Crippen LogP contribution >= 0.6 is 8.86 Å². The quantitative estimate of drug-likeness (QED) is 0.518. The van der Waals surface area contributed by atoms with Crippen LogP contribution in [0.5, 0.6) is 0 Å². The van der Waals surface area contributed by atoms with Crippen molar-refractivity contribution >= 4 is 14.7 Å². The SMILES string of the molecule is CN[C@H]1C[C@@H]1C=P. The zero-order valence-electron chi connectivity index (χ0n) is 4.44. The molecule has 2 atom stereocenters. The van der Waals surface area contributed by atoms with Gasteiger partial charge < -0.3 is 5.32 Å². The van der Waals surface area contributed by atoms with Gasteiger partial charge in [0.1, 0.15) is 0 Å². The van der Waals surface area contributed by atoms with E-state index in [0.717, 1.165) is 12.0 Å². The Morgan fingerprint density at radius 2 is 2.57 bits per heavy atom. The first-order valence-corrected chi connectivity index (χ1v) is 3.14. The Morgan fingerprint density at radius 3 is 2.71 bits per heavy atom. The Bertz CT molecular complexity index is 82.1. The lowest BCUT2D eigenvalue weighted by Crippen LogP contribution is -2.10. The summed E-state index contributed by atoms with van der Waals surface area (Å²) in [6, 6.07) is 0.762. The van der Waals surface area contributed by atoms with Crippen molar-refractivity contribution in [2.75, 3.05) is 7.05 Å². The van der Waals surface area contributed by atoms with Gasteiger partial charge in [-0.15, -0.1) is 8.86 Å². The zero-order chi connectivity index (χ0) is 5.28. The largest absolute Gasteiger partial charge is 0.316 e. The predicted octanol–water partition coefficient (Wildman–Crippen LogP) is 0.539. The molecule has 1 nitrogen and oxygen atoms in total. The first-order chi connectivity index (χ1) is 3.38. The van der Waals surface area contributed by atoms with E-state index in [1.165, 1.54) is 6.42 Å². The van der Waals surface area contributed by atoms with Crippen LogP contribution in [0, 0.1) is 5.92 Å². The summed E-state index contributed by atoms with van der Waals surface area (Å²) >= 11 is 0. The third-order valence-electron chi connectivity index (χ3n) is 1.42. The van der Waals surface area contributed by atoms with E-state index in [1.807, 2.05) is 7.05 Å². The van der Waals surface area contributed by atoms with Crippen LogP contribution < -0.4 is 5.32 Å². The molecule has 1 aliphatic rings. The second-order valence-corrected chi connectivity index (χ2v) is 2.29. The van der Waals surface area contributed by atoms with Crippen LogP contribution in [0.15, 0.2) is 0 Å². The molecule has 7 heavy (non-hydrogen) atoms. The number of hydrogen-bond acceptors (Lipinski definition) is 1. The van der Waals surface area contributed by atoms with Crippen molar-refractivity contribution < 1.29 is 0 Å². The van der Waals surface area contributed by atoms with E-state index < -0.39 is 0 Å². The van der Waals surface area contributed by atoms with E-state index in [9.17, 15) is 0 Å². The molecule has 40 valence electrons. The Hall–Kier alpha value is 0.130. The summed E-state index contributed by atoms with van der Waals surface area (Å²) in [7, 11) is 5.34. The lowest BCUT2D eigenvalue weighted by molar-refractivity contribution is 0.791. The summed E-state index contributed by atoms with van der Waals surface area (Å²) in [4.78, 5) is 0. The van der Waals surface area contributed by atoms with Crippen molar-refractivity contribution in [2.24, 2.45) is 5.92 Å². The average molecular weight is 115 g/mol. The lowest BCUT2D eigenvalue weighted by atomic mass is 10.5. The van der Waals surface area contributed by atoms with Gasteiger partial charge in [0, 0.05) is 6.04 Å². The molecule has 1 fully saturated rings. The standard InChI is InChI=1S/C5H10NP/c1-6-5-2-4(5)3-7/h3-7H,2H2,1H3/t4-,5+/m1/s1. The Labute approximate surface area is 46.3 Å². The maximum Gasteiger partial charge on any atom is 0.0137 e. The van der Waals surface area contributed by atoms with Crippen LogP contribution in [0.1, 0.15) is 6.42 Å². The molecule has 0 aromatic heterocycles. The molecular weight excluding hydrogens is 105 g/mol. The number of hydrogen-bond donors (Lipinski definition) is 1. The highest BCUT2D eigenvalue weighted by atomic mass is 31.0. The molecule has 1 aliphatic carbocycles. The molecule has 0 aromatic rings. The number of nitrogens with one attached hydrogen (secondary N) is 1. The molecule has 0 bridgehead atoms. The topological polar surface area (TPSA) is 12.0 Å². The zero-order valence-corrected chi connectivity index (χ0v) is 5.44. The second kappa shape index (κ2) is 1.94. The van der Waals surface area contributed by atoms with Crippen molar-refractivity contribution in [3.63, 3.8) is 0 Å². The highest BCUT2D eigenvalue weighted by Gasteiger charge is 2.32. The van der Waals surface area contributed by atoms with Gasteiger partial charge in [-0.3, -0.25) is 0 Å². The van der Waals surface area contributed by atoms with E-state index >= 15 is 0 Å². The fourth-order valence-electron chi connectivity index (χ4n) is 0.731. The molecule has 0 unspecified atom stereocenters. The molecular formula is C5H10NP. The maximum atomic E-state index is 3.34. The van der Waals surface area contributed by atoms with E-state index in [-0.39, 0.29) is 0 Å². The molecule has 0 radical (unpaired) electrons. The lowest BCUT2D eigenvalue weighted by Gasteiger charge is -1.86. The van der Waals surface area contributed by atoms with Gasteiger partial charge in [0.05, 0.1) is 0 Å². The highest BCUT2D eigenvalue weighted by Crippen LogP contribution is 2.27. The van der Waals surface area contributed by atoms with Crippen molar-refractivity contribution in [2.45, 2.75) is 12.5 Å². The van der Waals surface area contributed by atoms with E-state index in [2.05, 4.69) is 20.0 Å². The molecule has 0 heterocycles. The third kappa shape index (κ3) is 1.02. The first-order valence-electron chi connectivity index (χ1n) is 2.56. The van der Waals surface area contributed by atoms with Crippen LogP contribution in [-0.4, -0.2) is 18.9 Å². The van der Waals surface area contributed by atoms with Gasteiger partial charge in [-0.2, -0.15) is 0 Å². The van der Waals surface area contributed by atoms with Crippen LogP contribution in [0.3, 0.4) is 0 Å². The molecule has 0 spiro atoms. The average Bonchev–Trinajstić information content (AvgIpc) is 2.43. The maximum absolute atomic E-state index is 3.34. The van der Waals surface area contributed by atoms with Gasteiger partial charge in [0.15, 0.2) is 0 Å². The summed E-state index contributed by atoms with van der Waals surface area (Å²) in [6.07, 6.45) is 1.31. The van der Waals surface area contributed by atoms with Crippen LogP contribution in [-0.2, 0) is 0 Å². The Kier molecular flexibility index (Phi) is 1.46. The summed E-state index contributed by atoms with van der Waals surface area (Å²) in [5.41, 5.74) is 0. The summed E-state index contributed by atoms with van der Waals surface area (Å²) in [6.45, 7) is 0. The van der Waals surface area contributed by atoms with Crippen molar-refractivity contribution in [3.05, 3.63) is 0 Å². The molecule has 2 heteroatoms. The molecule has 0 aliphatic heterocycles. The summed E-state index contributed by atoms with van der Waals surface area (Å²) in [5.74, 6) is 2.86. The van der Waals surface area contributed by atoms with Gasteiger partial charge in [-0.05, 0) is 19.4 Å². The van der Waals surface area contributed by atoms with Gasteiger partial charge in [-0.1, -0.05) is 5.80 Å². The van der Waals surface area contributed by atoms with E-state index in [1.54, 1.807) is 0 Å². The van der Waals surface area contributed by atoms with Crippen LogP contribution in [0.4, 0.5) is 0 Å². The monoisotopic (exact) mass is 115 g/mol. The van der Waals surface area contributed by atoms with Crippen LogP contribution in [0.2, 0.25) is 0 Å². The molecule has 0 saturated heterocycles. The molecule has 1 N–H and O–H groups in total. The third-order valence-corrected chi connectivity index (χ3v) is 1.85. The van der Waals surface area contributed by atoms with Crippen molar-refractivity contribution in [1.29, 1.82) is 0 Å². The minimum absolute atomic E-state index is 0.762. The molecule has 0 amide bonds. The first kappa shape index (κ1) is 5.27. The Morgan fingerprint density at radius 1 is 1.86 bits per heavy atom. The normalized spacial score (nSPS) is 37.9. The van der Waals surface area contributed by atoms with E-state index in [0.29, 0.717) is 0 Å². The second-order valence-electron chi connectivity index (χ2n) is 1.96. The van der Waals surface area contributed by atoms with Gasteiger partial charge in [-0.25, -0.2) is 0 Å². The van der Waals surface area contributed by atoms with Crippen molar-refractivity contribution in [3.8, 4) is 0 Å². The molecule has 1 saturated carbocycles. The summed E-state index contributed by atoms with van der Waals surface area (Å²) in [5, 5.41) is 3.18. The van der Waals surface area contributed by atoms with Crippen LogP contribution in [0.25, 0.3) is 0 Å². The van der Waals surface area contributed by atoms with Crippen molar-refractivity contribution in [1.82, 2.24) is 5.32 Å². The fraction of sp³-hybridized carbons (Fsp3) is 0.800. The minimum atomic E-state index is 0.762. The van der Waals surface area contributed by atoms with Gasteiger partial charge in [0.25, 0.3) is 0 Å². The fourth-order valence-corrected chi connectivity index (χ4v) is 1.10. The highest BCUT2D eigenvalue weighted by molar-refractivity contribution is 7.18. The Balaban J connectivity index is 2.17. The summed E-state index contributed by atoms with van der Waals surface area (Å²) < 4.78 is 0. The van der Waals surface area contributed by atoms with E-state index in [4.69, 9.17) is 0 Å². The smallest absolute Gasteiger partial charge is 0.0137 e. The molecule has 0 aromatic carbocycles. The molecule has 1 rings (SSSR count). The van der Waals surface area contributed by atoms with Gasteiger partial charge >= 0.3 is 0 Å². The number of rotatable bonds is 2. The minimum Gasteiger partial charge on any atom is -0.316 e.